The van der Waals surface area contributed by atoms with E-state index in [0.717, 1.165) is 45.2 Å². The molecule has 0 aliphatic heterocycles. The summed E-state index contributed by atoms with van der Waals surface area (Å²) < 4.78 is 64.7. The van der Waals surface area contributed by atoms with Gasteiger partial charge in [-0.2, -0.15) is 0 Å². The molecule has 16 nitrogen and oxygen atoms in total. The van der Waals surface area contributed by atoms with Gasteiger partial charge in [0.2, 0.25) is 11.8 Å². The van der Waals surface area contributed by atoms with Gasteiger partial charge in [-0.05, 0) is 124 Å². The van der Waals surface area contributed by atoms with Crippen molar-refractivity contribution < 1.29 is 65.6 Å². The summed E-state index contributed by atoms with van der Waals surface area (Å²) >= 11 is 5.71. The molecule has 0 spiro atoms. The van der Waals surface area contributed by atoms with Crippen molar-refractivity contribution in [2.24, 2.45) is 0 Å². The average Bonchev–Trinajstić information content (AvgIpc) is 4.04. The van der Waals surface area contributed by atoms with E-state index in [2.05, 4.69) is 14.7 Å². The van der Waals surface area contributed by atoms with Crippen LogP contribution in [0.25, 0.3) is 22.9 Å². The maximum absolute atomic E-state index is 13.9. The summed E-state index contributed by atoms with van der Waals surface area (Å²) in [6, 6.07) is 39.8. The van der Waals surface area contributed by atoms with Gasteiger partial charge >= 0.3 is 24.1 Å². The summed E-state index contributed by atoms with van der Waals surface area (Å²) in [5, 5.41) is 9.40. The van der Waals surface area contributed by atoms with E-state index in [-0.39, 0.29) is 36.9 Å². The fraction of sp³-hybridized carbons (Fsp3) is 0.233. The number of hydrogen-bond acceptors (Lipinski definition) is 14. The Balaban J connectivity index is 0.000000215. The quantitative estimate of drug-likeness (QED) is 0.0709. The van der Waals surface area contributed by atoms with E-state index in [9.17, 15) is 33.1 Å². The molecule has 0 saturated carbocycles. The predicted octanol–water partition coefficient (Wildman–Crippen LogP) is 13.4. The van der Waals surface area contributed by atoms with E-state index in [1.54, 1.807) is 64.1 Å². The normalized spacial score (nSPS) is 11.3. The first-order chi connectivity index (χ1) is 37.9. The average molecular weight is 1100 g/mol. The summed E-state index contributed by atoms with van der Waals surface area (Å²) in [6.45, 7) is 9.88. The van der Waals surface area contributed by atoms with Crippen molar-refractivity contribution in [2.75, 3.05) is 27.3 Å². The summed E-state index contributed by atoms with van der Waals surface area (Å²) in [4.78, 5) is 60.5. The summed E-state index contributed by atoms with van der Waals surface area (Å²) in [5.74, 6) is 1.52. The number of aromatic nitrogens is 2. The van der Waals surface area contributed by atoms with Crippen molar-refractivity contribution in [3.8, 4) is 45.9 Å². The zero-order valence-corrected chi connectivity index (χ0v) is 45.5. The van der Waals surface area contributed by atoms with Crippen LogP contribution < -0.4 is 14.2 Å². The van der Waals surface area contributed by atoms with Gasteiger partial charge in [0.25, 0.3) is 0 Å². The lowest BCUT2D eigenvalue weighted by molar-refractivity contribution is -0.142. The number of halogens is 3. The molecule has 2 amide bonds. The van der Waals surface area contributed by atoms with Crippen LogP contribution in [0, 0.1) is 39.3 Å². The van der Waals surface area contributed by atoms with Gasteiger partial charge in [0.1, 0.15) is 71.5 Å². The van der Waals surface area contributed by atoms with Crippen molar-refractivity contribution in [1.29, 1.82) is 0 Å². The summed E-state index contributed by atoms with van der Waals surface area (Å²) in [5.41, 5.74) is 5.61. The van der Waals surface area contributed by atoms with Crippen molar-refractivity contribution in [2.45, 2.75) is 66.1 Å². The molecule has 412 valence electrons. The third-order valence-corrected chi connectivity index (χ3v) is 12.5. The van der Waals surface area contributed by atoms with Gasteiger partial charge < -0.3 is 37.6 Å². The highest BCUT2D eigenvalue weighted by molar-refractivity contribution is 6.17. The van der Waals surface area contributed by atoms with Gasteiger partial charge in [0, 0.05) is 23.3 Å². The number of carbonyl (C=O) groups is 4. The maximum Gasteiger partial charge on any atom is 0.416 e. The molecule has 0 unspecified atom stereocenters. The number of phenolic OH excluding ortho intramolecular Hbond substituents is 1. The topological polar surface area (TPSA) is 193 Å². The second-order valence-corrected chi connectivity index (χ2v) is 17.9. The Morgan fingerprint density at radius 3 is 1.35 bits per heavy atom. The Hall–Kier alpha value is -9.03. The number of esters is 2. The van der Waals surface area contributed by atoms with Crippen LogP contribution in [-0.4, -0.2) is 76.3 Å². The Morgan fingerprint density at radius 2 is 0.962 bits per heavy atom. The standard InChI is InChI=1S/C30H29FN2O6.C19H20FNO5.C11H10ClNO/c1-19-10-13-25(16-26(19)31)39-30(35)33(17-28(34)36-4)20(2)22-11-14-24(15-12-22)37-18-27-21(3)38-29(32-27)23-8-6-5-7-9-23;1-12-4-9-16(10-17(12)20)26-19(24)21(11-18(23)25-3)13(2)14-5-7-15(22)8-6-14;1-8-10(7-12)13-11(14-8)9-5-3-2-4-6-9/h5-16,20H,17-18H2,1-4H3;4-10,13,22H,11H2,1-3H3;2-6H,7H2,1H3/t20-;13-;/m00./s1. The highest BCUT2D eigenvalue weighted by Gasteiger charge is 2.28. The number of phenols is 1. The number of benzene rings is 6. The number of oxazole rings is 2. The van der Waals surface area contributed by atoms with Gasteiger partial charge in [-0.25, -0.2) is 28.3 Å². The van der Waals surface area contributed by atoms with E-state index >= 15 is 0 Å². The van der Waals surface area contributed by atoms with Crippen molar-refractivity contribution >= 4 is 35.7 Å². The second-order valence-electron chi connectivity index (χ2n) is 17.7. The lowest BCUT2D eigenvalue weighted by Crippen LogP contribution is -2.40. The van der Waals surface area contributed by atoms with Crippen molar-refractivity contribution in [1.82, 2.24) is 19.8 Å². The predicted molar refractivity (Wildman–Crippen MR) is 290 cm³/mol. The zero-order chi connectivity index (χ0) is 57.2. The molecule has 8 aromatic rings. The first-order valence-corrected chi connectivity index (χ1v) is 25.1. The molecule has 79 heavy (non-hydrogen) atoms. The first-order valence-electron chi connectivity index (χ1n) is 24.6. The lowest BCUT2D eigenvalue weighted by Gasteiger charge is -2.27. The molecule has 0 aliphatic carbocycles. The lowest BCUT2D eigenvalue weighted by atomic mass is 10.1. The number of hydrogen-bond donors (Lipinski definition) is 1. The summed E-state index contributed by atoms with van der Waals surface area (Å²) in [7, 11) is 2.45. The number of rotatable bonds is 16. The van der Waals surface area contributed by atoms with Gasteiger partial charge in [0.05, 0.1) is 37.9 Å². The molecule has 8 rings (SSSR count). The number of aromatic hydroxyl groups is 1. The van der Waals surface area contributed by atoms with Crippen LogP contribution in [0.4, 0.5) is 18.4 Å². The van der Waals surface area contributed by atoms with Crippen LogP contribution in [0.5, 0.6) is 23.0 Å². The monoisotopic (exact) mass is 1100 g/mol. The zero-order valence-electron chi connectivity index (χ0n) is 44.7. The summed E-state index contributed by atoms with van der Waals surface area (Å²) in [6.07, 6.45) is -1.63. The SMILES string of the molecule is COC(=O)CN(C(=O)Oc1ccc(C)c(F)c1)[C@@H](C)c1ccc(O)cc1.COC(=O)CN(C(=O)Oc1ccc(C)c(F)c1)[C@@H](C)c1ccc(OCc2nc(-c3ccccc3)oc2C)cc1.Cc1oc(-c2ccccc2)nc1CCl. The number of amides is 2. The highest BCUT2D eigenvalue weighted by atomic mass is 35.5. The van der Waals surface area contributed by atoms with Crippen LogP contribution >= 0.6 is 11.6 Å². The molecule has 0 aliphatic rings. The molecular formula is C60H59ClF2N4O12. The minimum atomic E-state index is -0.820. The first kappa shape index (κ1) is 59.2. The third-order valence-electron chi connectivity index (χ3n) is 12.2. The van der Waals surface area contributed by atoms with Crippen LogP contribution in [-0.2, 0) is 31.5 Å². The number of ether oxygens (including phenoxy) is 5. The number of methoxy groups -OCH3 is 2. The largest absolute Gasteiger partial charge is 0.508 e. The Bertz CT molecular complexity index is 3300. The molecule has 19 heteroatoms. The Kier molecular flexibility index (Phi) is 21.3. The molecule has 0 radical (unpaired) electrons. The smallest absolute Gasteiger partial charge is 0.416 e. The molecule has 0 fully saturated rings. The fourth-order valence-corrected chi connectivity index (χ4v) is 7.60. The van der Waals surface area contributed by atoms with E-state index < -0.39 is 47.8 Å². The fourth-order valence-electron chi connectivity index (χ4n) is 7.35. The molecule has 2 atom stereocenters. The number of alkyl halides is 1. The van der Waals surface area contributed by atoms with Gasteiger partial charge in [-0.1, -0.05) is 72.8 Å². The molecular weight excluding hydrogens is 1040 g/mol. The highest BCUT2D eigenvalue weighted by Crippen LogP contribution is 2.29. The van der Waals surface area contributed by atoms with Crippen LogP contribution in [0.3, 0.4) is 0 Å². The van der Waals surface area contributed by atoms with E-state index in [0.29, 0.717) is 51.6 Å². The van der Waals surface area contributed by atoms with Crippen LogP contribution in [0.1, 0.15) is 71.1 Å². The van der Waals surface area contributed by atoms with E-state index in [1.807, 2.05) is 74.5 Å². The van der Waals surface area contributed by atoms with Gasteiger partial charge in [-0.15, -0.1) is 11.6 Å². The molecule has 2 heterocycles. The molecule has 0 bridgehead atoms. The minimum Gasteiger partial charge on any atom is -0.508 e. The molecule has 2 aromatic heterocycles. The third kappa shape index (κ3) is 16.7. The van der Waals surface area contributed by atoms with Crippen molar-refractivity contribution in [3.63, 3.8) is 0 Å². The molecule has 6 aromatic carbocycles. The van der Waals surface area contributed by atoms with E-state index in [4.69, 9.17) is 39.4 Å². The second kappa shape index (κ2) is 28.4. The van der Waals surface area contributed by atoms with Gasteiger partial charge in [0.15, 0.2) is 0 Å². The van der Waals surface area contributed by atoms with Crippen LogP contribution in [0.15, 0.2) is 154 Å². The molecule has 1 N–H and O–H groups in total. The number of aryl methyl sites for hydroxylation is 4. The Morgan fingerprint density at radius 1 is 0.570 bits per heavy atom. The van der Waals surface area contributed by atoms with E-state index in [1.165, 1.54) is 55.5 Å². The van der Waals surface area contributed by atoms with Crippen molar-refractivity contribution in [3.05, 3.63) is 202 Å². The maximum atomic E-state index is 13.9. The minimum absolute atomic E-state index is 0.0332. The number of carbonyl (C=O) groups excluding carboxylic acids is 4. The number of nitrogens with zero attached hydrogens (tertiary/aromatic N) is 4. The molecule has 0 saturated heterocycles. The Labute approximate surface area is 461 Å². The van der Waals surface area contributed by atoms with Gasteiger partial charge in [-0.3, -0.25) is 19.4 Å². The van der Waals surface area contributed by atoms with Crippen LogP contribution in [0.2, 0.25) is 0 Å².